The van der Waals surface area contributed by atoms with E-state index in [1.54, 1.807) is 6.07 Å². The van der Waals surface area contributed by atoms with E-state index >= 15 is 0 Å². The van der Waals surface area contributed by atoms with E-state index in [-0.39, 0.29) is 5.69 Å². The van der Waals surface area contributed by atoms with E-state index < -0.39 is 4.92 Å². The third-order valence-electron chi connectivity index (χ3n) is 4.13. The van der Waals surface area contributed by atoms with Crippen LogP contribution in [-0.4, -0.2) is 11.5 Å². The first kappa shape index (κ1) is 12.5. The molecule has 1 fully saturated rings. The first-order valence-electron chi connectivity index (χ1n) is 6.49. The standard InChI is InChI=1S/C14H15ClN2O2/c15-13-7-12(17(18)19)3-4-14(13)16-8-11-6-9-1-2-10(11)5-9/h1-4,7,9-11,16H,5-6,8H2. The smallest absolute Gasteiger partial charge is 0.271 e. The third kappa shape index (κ3) is 2.45. The number of nitrogens with zero attached hydrogens (tertiary/aromatic N) is 1. The van der Waals surface area contributed by atoms with Gasteiger partial charge in [0.25, 0.3) is 5.69 Å². The fourth-order valence-electron chi connectivity index (χ4n) is 3.13. The number of benzene rings is 1. The summed E-state index contributed by atoms with van der Waals surface area (Å²) >= 11 is 6.06. The van der Waals surface area contributed by atoms with Crippen LogP contribution in [0.3, 0.4) is 0 Å². The molecule has 3 rings (SSSR count). The lowest BCUT2D eigenvalue weighted by molar-refractivity contribution is -0.384. The van der Waals surface area contributed by atoms with Gasteiger partial charge in [-0.15, -0.1) is 0 Å². The molecule has 1 N–H and O–H groups in total. The van der Waals surface area contributed by atoms with Gasteiger partial charge in [0.1, 0.15) is 0 Å². The summed E-state index contributed by atoms with van der Waals surface area (Å²) < 4.78 is 0. The second-order valence-corrected chi connectivity index (χ2v) is 5.75. The maximum Gasteiger partial charge on any atom is 0.271 e. The molecule has 3 unspecified atom stereocenters. The van der Waals surface area contributed by atoms with Crippen molar-refractivity contribution in [3.8, 4) is 0 Å². The van der Waals surface area contributed by atoms with Crippen LogP contribution >= 0.6 is 11.6 Å². The molecule has 3 atom stereocenters. The van der Waals surface area contributed by atoms with E-state index in [2.05, 4.69) is 17.5 Å². The predicted molar refractivity (Wildman–Crippen MR) is 75.4 cm³/mol. The van der Waals surface area contributed by atoms with Crippen LogP contribution in [0, 0.1) is 27.9 Å². The van der Waals surface area contributed by atoms with Crippen molar-refractivity contribution in [1.29, 1.82) is 0 Å². The van der Waals surface area contributed by atoms with Gasteiger partial charge in [0.05, 0.1) is 15.6 Å². The summed E-state index contributed by atoms with van der Waals surface area (Å²) in [6.07, 6.45) is 7.15. The van der Waals surface area contributed by atoms with Crippen LogP contribution < -0.4 is 5.32 Å². The van der Waals surface area contributed by atoms with E-state index in [4.69, 9.17) is 11.6 Å². The number of hydrogen-bond acceptors (Lipinski definition) is 3. The zero-order valence-electron chi connectivity index (χ0n) is 10.4. The summed E-state index contributed by atoms with van der Waals surface area (Å²) in [6.45, 7) is 0.878. The van der Waals surface area contributed by atoms with Crippen molar-refractivity contribution in [2.45, 2.75) is 12.8 Å². The molecule has 0 aromatic heterocycles. The van der Waals surface area contributed by atoms with Gasteiger partial charge in [0.2, 0.25) is 0 Å². The molecule has 0 amide bonds. The minimum absolute atomic E-state index is 0.0263. The lowest BCUT2D eigenvalue weighted by Gasteiger charge is -2.19. The zero-order valence-corrected chi connectivity index (χ0v) is 11.1. The summed E-state index contributed by atoms with van der Waals surface area (Å²) in [5.41, 5.74) is 0.803. The molecular formula is C14H15ClN2O2. The van der Waals surface area contributed by atoms with E-state index in [9.17, 15) is 10.1 Å². The number of anilines is 1. The molecule has 0 radical (unpaired) electrons. The molecular weight excluding hydrogens is 264 g/mol. The lowest BCUT2D eigenvalue weighted by atomic mass is 9.93. The van der Waals surface area contributed by atoms with Crippen LogP contribution in [0.15, 0.2) is 30.4 Å². The van der Waals surface area contributed by atoms with Crippen LogP contribution in [0.2, 0.25) is 5.02 Å². The number of hydrogen-bond donors (Lipinski definition) is 1. The Kier molecular flexibility index (Phi) is 3.19. The predicted octanol–water partition coefficient (Wildman–Crippen LogP) is 3.87. The highest BCUT2D eigenvalue weighted by Crippen LogP contribution is 2.43. The van der Waals surface area contributed by atoms with Crippen molar-refractivity contribution in [1.82, 2.24) is 0 Å². The summed E-state index contributed by atoms with van der Waals surface area (Å²) in [4.78, 5) is 10.2. The molecule has 1 aromatic carbocycles. The van der Waals surface area contributed by atoms with E-state index in [1.807, 2.05) is 0 Å². The number of allylic oxidation sites excluding steroid dienone is 2. The van der Waals surface area contributed by atoms with Crippen LogP contribution in [-0.2, 0) is 0 Å². The monoisotopic (exact) mass is 278 g/mol. The van der Waals surface area contributed by atoms with Gasteiger partial charge in [-0.25, -0.2) is 0 Å². The maximum atomic E-state index is 10.6. The first-order chi connectivity index (χ1) is 9.13. The number of halogens is 1. The molecule has 1 saturated carbocycles. The molecule has 2 aliphatic rings. The first-order valence-corrected chi connectivity index (χ1v) is 6.87. The van der Waals surface area contributed by atoms with Crippen molar-refractivity contribution in [2.24, 2.45) is 17.8 Å². The average molecular weight is 279 g/mol. The van der Waals surface area contributed by atoms with Crippen molar-refractivity contribution in [2.75, 3.05) is 11.9 Å². The Morgan fingerprint density at radius 1 is 1.37 bits per heavy atom. The highest BCUT2D eigenvalue weighted by Gasteiger charge is 2.35. The van der Waals surface area contributed by atoms with Crippen LogP contribution in [0.25, 0.3) is 0 Å². The topological polar surface area (TPSA) is 55.2 Å². The van der Waals surface area contributed by atoms with Gasteiger partial charge in [-0.1, -0.05) is 23.8 Å². The number of nitro benzene ring substituents is 1. The quantitative estimate of drug-likeness (QED) is 0.517. The molecule has 0 heterocycles. The number of nitro groups is 1. The third-order valence-corrected chi connectivity index (χ3v) is 4.45. The summed E-state index contributed by atoms with van der Waals surface area (Å²) in [7, 11) is 0. The molecule has 4 nitrogen and oxygen atoms in total. The van der Waals surface area contributed by atoms with E-state index in [0.29, 0.717) is 16.9 Å². The second kappa shape index (κ2) is 4.85. The zero-order chi connectivity index (χ0) is 13.4. The summed E-state index contributed by atoms with van der Waals surface area (Å²) in [6, 6.07) is 4.56. The van der Waals surface area contributed by atoms with Gasteiger partial charge in [-0.3, -0.25) is 10.1 Å². The molecule has 2 aliphatic carbocycles. The Morgan fingerprint density at radius 2 is 2.21 bits per heavy atom. The highest BCUT2D eigenvalue weighted by atomic mass is 35.5. The van der Waals surface area contributed by atoms with Gasteiger partial charge in [-0.2, -0.15) is 0 Å². The average Bonchev–Trinajstić information content (AvgIpc) is 2.99. The SMILES string of the molecule is O=[N+]([O-])c1ccc(NCC2CC3C=CC2C3)c(Cl)c1. The Hall–Kier alpha value is -1.55. The van der Waals surface area contributed by atoms with Crippen molar-refractivity contribution >= 4 is 23.0 Å². The van der Waals surface area contributed by atoms with Gasteiger partial charge < -0.3 is 5.32 Å². The van der Waals surface area contributed by atoms with Crippen LogP contribution in [0.1, 0.15) is 12.8 Å². The number of fused-ring (bicyclic) bond motifs is 2. The normalized spacial score (nSPS) is 27.7. The Labute approximate surface area is 116 Å². The van der Waals surface area contributed by atoms with Crippen LogP contribution in [0.4, 0.5) is 11.4 Å². The molecule has 2 bridgehead atoms. The molecule has 0 saturated heterocycles. The van der Waals surface area contributed by atoms with E-state index in [1.165, 1.54) is 25.0 Å². The fraction of sp³-hybridized carbons (Fsp3) is 0.429. The Bertz CT molecular complexity index is 544. The van der Waals surface area contributed by atoms with Gasteiger partial charge >= 0.3 is 0 Å². The molecule has 19 heavy (non-hydrogen) atoms. The second-order valence-electron chi connectivity index (χ2n) is 5.34. The highest BCUT2D eigenvalue weighted by molar-refractivity contribution is 6.33. The maximum absolute atomic E-state index is 10.6. The van der Waals surface area contributed by atoms with Crippen LogP contribution in [0.5, 0.6) is 0 Å². The Morgan fingerprint density at radius 3 is 2.79 bits per heavy atom. The number of rotatable bonds is 4. The largest absolute Gasteiger partial charge is 0.384 e. The fourth-order valence-corrected chi connectivity index (χ4v) is 3.37. The van der Waals surface area contributed by atoms with Gasteiger partial charge in [0, 0.05) is 18.7 Å². The molecule has 100 valence electrons. The van der Waals surface area contributed by atoms with Crippen molar-refractivity contribution in [3.63, 3.8) is 0 Å². The molecule has 5 heteroatoms. The number of nitrogens with one attached hydrogen (secondary N) is 1. The molecule has 1 aromatic rings. The van der Waals surface area contributed by atoms with E-state index in [0.717, 1.165) is 18.2 Å². The summed E-state index contributed by atoms with van der Waals surface area (Å²) in [5, 5.41) is 14.4. The van der Waals surface area contributed by atoms with Crippen molar-refractivity contribution in [3.05, 3.63) is 45.5 Å². The van der Waals surface area contributed by atoms with Gasteiger partial charge in [-0.05, 0) is 36.7 Å². The molecule has 0 spiro atoms. The number of non-ortho nitro benzene ring substituents is 1. The Balaban J connectivity index is 1.64. The summed E-state index contributed by atoms with van der Waals surface area (Å²) in [5.74, 6) is 2.10. The molecule has 0 aliphatic heterocycles. The minimum atomic E-state index is -0.434. The lowest BCUT2D eigenvalue weighted by Crippen LogP contribution is -2.18. The minimum Gasteiger partial charge on any atom is -0.384 e. The van der Waals surface area contributed by atoms with Gasteiger partial charge in [0.15, 0.2) is 0 Å². The van der Waals surface area contributed by atoms with Crippen molar-refractivity contribution < 1.29 is 4.92 Å².